The first-order chi connectivity index (χ1) is 7.10. The van der Waals surface area contributed by atoms with E-state index in [1.807, 2.05) is 6.07 Å². The normalized spacial score (nSPS) is 17.2. The van der Waals surface area contributed by atoms with E-state index in [4.69, 9.17) is 0 Å². The molecule has 2 rings (SSSR count). The quantitative estimate of drug-likeness (QED) is 0.488. The number of thiophene rings is 1. The Balaban J connectivity index is 2.25. The molecule has 1 aromatic heterocycles. The van der Waals surface area contributed by atoms with Gasteiger partial charge in [-0.1, -0.05) is 0 Å². The van der Waals surface area contributed by atoms with Gasteiger partial charge in [-0.3, -0.25) is 9.59 Å². The predicted molar refractivity (Wildman–Crippen MR) is 60.0 cm³/mol. The van der Waals surface area contributed by atoms with Gasteiger partial charge in [0, 0.05) is 0 Å². The summed E-state index contributed by atoms with van der Waals surface area (Å²) in [5.41, 5.74) is -0.876. The summed E-state index contributed by atoms with van der Waals surface area (Å²) >= 11 is 4.64. The Morgan fingerprint density at radius 3 is 2.53 bits per heavy atom. The topological polar surface area (TPSA) is 43.4 Å². The van der Waals surface area contributed by atoms with Gasteiger partial charge >= 0.3 is 5.97 Å². The van der Waals surface area contributed by atoms with Crippen LogP contribution in [0.5, 0.6) is 0 Å². The van der Waals surface area contributed by atoms with Gasteiger partial charge in [-0.25, -0.2) is 0 Å². The third-order valence-corrected chi connectivity index (χ3v) is 4.18. The Labute approximate surface area is 99.6 Å². The van der Waals surface area contributed by atoms with E-state index in [1.165, 1.54) is 18.4 Å². The van der Waals surface area contributed by atoms with Crippen molar-refractivity contribution in [1.82, 2.24) is 0 Å². The molecule has 1 fully saturated rings. The van der Waals surface area contributed by atoms with Crippen molar-refractivity contribution >= 4 is 39.0 Å². The van der Waals surface area contributed by atoms with Gasteiger partial charge in [0.2, 0.25) is 0 Å². The Morgan fingerprint density at radius 1 is 1.47 bits per heavy atom. The smallest absolute Gasteiger partial charge is 0.319 e. The number of hydrogen-bond acceptors (Lipinski definition) is 4. The molecule has 1 saturated carbocycles. The number of carbonyl (C=O) groups is 2. The molecule has 0 aliphatic heterocycles. The number of ketones is 1. The third kappa shape index (κ3) is 1.74. The molecule has 0 saturated heterocycles. The first-order valence-electron chi connectivity index (χ1n) is 4.49. The van der Waals surface area contributed by atoms with Crippen LogP contribution in [0.25, 0.3) is 0 Å². The Kier molecular flexibility index (Phi) is 2.68. The highest BCUT2D eigenvalue weighted by Gasteiger charge is 2.57. The van der Waals surface area contributed by atoms with E-state index in [-0.39, 0.29) is 5.78 Å². The van der Waals surface area contributed by atoms with Crippen molar-refractivity contribution in [2.75, 3.05) is 7.11 Å². The fraction of sp³-hybridized carbons (Fsp3) is 0.400. The molecule has 1 aliphatic rings. The monoisotopic (exact) mass is 288 g/mol. The molecule has 0 spiro atoms. The molecule has 0 bridgehead atoms. The first-order valence-corrected chi connectivity index (χ1v) is 6.10. The zero-order valence-electron chi connectivity index (χ0n) is 8.08. The van der Waals surface area contributed by atoms with Crippen LogP contribution in [0, 0.1) is 5.41 Å². The maximum atomic E-state index is 12.0. The lowest BCUT2D eigenvalue weighted by molar-refractivity contribution is -0.144. The highest BCUT2D eigenvalue weighted by Crippen LogP contribution is 2.50. The minimum atomic E-state index is -0.876. The maximum Gasteiger partial charge on any atom is 0.319 e. The molecule has 1 aromatic rings. The van der Waals surface area contributed by atoms with Crippen LogP contribution in [0.15, 0.2) is 15.9 Å². The molecule has 1 heterocycles. The van der Waals surface area contributed by atoms with Crippen LogP contribution in [0.4, 0.5) is 0 Å². The van der Waals surface area contributed by atoms with E-state index < -0.39 is 11.4 Å². The van der Waals surface area contributed by atoms with Gasteiger partial charge in [-0.2, -0.15) is 0 Å². The van der Waals surface area contributed by atoms with Crippen LogP contribution in [-0.2, 0) is 9.53 Å². The van der Waals surface area contributed by atoms with E-state index in [1.54, 1.807) is 6.07 Å². The van der Waals surface area contributed by atoms with E-state index in [0.29, 0.717) is 17.7 Å². The lowest BCUT2D eigenvalue weighted by atomic mass is 10.0. The van der Waals surface area contributed by atoms with Crippen LogP contribution in [0.1, 0.15) is 22.5 Å². The van der Waals surface area contributed by atoms with Gasteiger partial charge in [0.15, 0.2) is 5.78 Å². The third-order valence-electron chi connectivity index (χ3n) is 2.56. The van der Waals surface area contributed by atoms with Gasteiger partial charge in [-0.15, -0.1) is 11.3 Å². The van der Waals surface area contributed by atoms with Crippen LogP contribution < -0.4 is 0 Å². The Hall–Kier alpha value is -0.680. The number of esters is 1. The molecular formula is C10H9BrO3S. The average molecular weight is 289 g/mol. The number of carbonyl (C=O) groups excluding carboxylic acids is 2. The Bertz CT molecular complexity index is 420. The van der Waals surface area contributed by atoms with Crippen molar-refractivity contribution in [3.05, 3.63) is 20.8 Å². The minimum Gasteiger partial charge on any atom is -0.468 e. The summed E-state index contributed by atoms with van der Waals surface area (Å²) in [4.78, 5) is 24.1. The summed E-state index contributed by atoms with van der Waals surface area (Å²) in [6, 6.07) is 3.55. The van der Waals surface area contributed by atoms with Gasteiger partial charge < -0.3 is 4.74 Å². The highest BCUT2D eigenvalue weighted by atomic mass is 79.9. The predicted octanol–water partition coefficient (Wildman–Crippen LogP) is 2.65. The van der Waals surface area contributed by atoms with E-state index in [2.05, 4.69) is 20.7 Å². The highest BCUT2D eigenvalue weighted by molar-refractivity contribution is 9.11. The maximum absolute atomic E-state index is 12.0. The Morgan fingerprint density at radius 2 is 2.13 bits per heavy atom. The lowest BCUT2D eigenvalue weighted by Gasteiger charge is -2.09. The fourth-order valence-electron chi connectivity index (χ4n) is 1.52. The number of rotatable bonds is 3. The second-order valence-electron chi connectivity index (χ2n) is 3.51. The molecule has 15 heavy (non-hydrogen) atoms. The summed E-state index contributed by atoms with van der Waals surface area (Å²) in [7, 11) is 1.32. The van der Waals surface area contributed by atoms with E-state index in [0.717, 1.165) is 3.79 Å². The van der Waals surface area contributed by atoms with E-state index >= 15 is 0 Å². The standard InChI is InChI=1S/C10H9BrO3S/c1-14-9(13)10(4-5-10)8(12)6-2-3-7(11)15-6/h2-3H,4-5H2,1H3. The van der Waals surface area contributed by atoms with Crippen LogP contribution in [0.3, 0.4) is 0 Å². The second kappa shape index (κ2) is 3.72. The van der Waals surface area contributed by atoms with Gasteiger partial charge in [0.1, 0.15) is 5.41 Å². The van der Waals surface area contributed by atoms with Gasteiger partial charge in [0.25, 0.3) is 0 Å². The second-order valence-corrected chi connectivity index (χ2v) is 5.97. The van der Waals surface area contributed by atoms with Crippen LogP contribution in [-0.4, -0.2) is 18.9 Å². The summed E-state index contributed by atoms with van der Waals surface area (Å²) in [5, 5.41) is 0. The average Bonchev–Trinajstić information content (AvgIpc) is 2.94. The summed E-state index contributed by atoms with van der Waals surface area (Å²) in [6.45, 7) is 0. The lowest BCUT2D eigenvalue weighted by Crippen LogP contribution is -2.26. The summed E-state index contributed by atoms with van der Waals surface area (Å²) < 4.78 is 5.55. The number of Topliss-reactive ketones (excluding diaryl/α,β-unsaturated/α-hetero) is 1. The molecule has 1 aliphatic carbocycles. The van der Waals surface area contributed by atoms with Crippen molar-refractivity contribution in [3.8, 4) is 0 Å². The van der Waals surface area contributed by atoms with Crippen LogP contribution >= 0.6 is 27.3 Å². The minimum absolute atomic E-state index is 0.106. The zero-order chi connectivity index (χ0) is 11.1. The SMILES string of the molecule is COC(=O)C1(C(=O)c2ccc(Br)s2)CC1. The van der Waals surface area contributed by atoms with Crippen LogP contribution in [0.2, 0.25) is 0 Å². The molecule has 0 N–H and O–H groups in total. The first kappa shape index (κ1) is 10.8. The summed E-state index contributed by atoms with van der Waals surface area (Å²) in [5.74, 6) is -0.512. The molecular weight excluding hydrogens is 280 g/mol. The van der Waals surface area contributed by atoms with E-state index in [9.17, 15) is 9.59 Å². The molecule has 80 valence electrons. The number of halogens is 1. The largest absolute Gasteiger partial charge is 0.468 e. The van der Waals surface area contributed by atoms with Gasteiger partial charge in [-0.05, 0) is 40.9 Å². The molecule has 0 aromatic carbocycles. The van der Waals surface area contributed by atoms with Crippen molar-refractivity contribution in [2.24, 2.45) is 5.41 Å². The van der Waals surface area contributed by atoms with Crippen molar-refractivity contribution in [3.63, 3.8) is 0 Å². The number of ether oxygens (including phenoxy) is 1. The molecule has 5 heteroatoms. The number of hydrogen-bond donors (Lipinski definition) is 0. The van der Waals surface area contributed by atoms with Crippen molar-refractivity contribution < 1.29 is 14.3 Å². The summed E-state index contributed by atoms with van der Waals surface area (Å²) in [6.07, 6.45) is 1.21. The zero-order valence-corrected chi connectivity index (χ0v) is 10.5. The molecule has 0 radical (unpaired) electrons. The van der Waals surface area contributed by atoms with Crippen molar-refractivity contribution in [2.45, 2.75) is 12.8 Å². The molecule has 0 unspecified atom stereocenters. The molecule has 3 nitrogen and oxygen atoms in total. The molecule has 0 atom stereocenters. The van der Waals surface area contributed by atoms with Gasteiger partial charge in [0.05, 0.1) is 15.8 Å². The van der Waals surface area contributed by atoms with Crippen molar-refractivity contribution in [1.29, 1.82) is 0 Å². The fourth-order valence-corrected chi connectivity index (χ4v) is 2.94. The number of methoxy groups -OCH3 is 1. The molecule has 0 amide bonds.